The zero-order valence-electron chi connectivity index (χ0n) is 17.2. The Morgan fingerprint density at radius 2 is 1.52 bits per heavy atom. The average molecular weight is 458 g/mol. The summed E-state index contributed by atoms with van der Waals surface area (Å²) in [5, 5.41) is 1.60. The molecule has 31 heavy (non-hydrogen) atoms. The zero-order chi connectivity index (χ0) is 23.1. The number of thiophene rings is 1. The fourth-order valence-corrected chi connectivity index (χ4v) is 3.53. The van der Waals surface area contributed by atoms with Gasteiger partial charge in [0.05, 0.1) is 0 Å². The molecule has 1 aromatic heterocycles. The molecule has 0 spiro atoms. The Kier molecular flexibility index (Phi) is 8.51. The van der Waals surface area contributed by atoms with Gasteiger partial charge in [0, 0.05) is 27.7 Å². The van der Waals surface area contributed by atoms with E-state index in [0.717, 1.165) is 32.1 Å². The van der Waals surface area contributed by atoms with E-state index in [1.807, 2.05) is 0 Å². The third kappa shape index (κ3) is 6.76. The number of aldehydes is 1. The van der Waals surface area contributed by atoms with Gasteiger partial charge in [-0.3, -0.25) is 24.0 Å². The van der Waals surface area contributed by atoms with E-state index in [2.05, 4.69) is 0 Å². The van der Waals surface area contributed by atoms with Gasteiger partial charge in [-0.1, -0.05) is 0 Å². The fourth-order valence-electron chi connectivity index (χ4n) is 2.90. The minimum atomic E-state index is -1.38. The summed E-state index contributed by atoms with van der Waals surface area (Å²) >= 11 is 1.11. The monoisotopic (exact) mass is 458 g/mol. The van der Waals surface area contributed by atoms with E-state index in [4.69, 9.17) is 28.4 Å². The number of carbonyl (C=O) groups excluding carboxylic acids is 5. The minimum Gasteiger partial charge on any atom is -0.463 e. The number of hydrogen-bond acceptors (Lipinski definition) is 12. The lowest BCUT2D eigenvalue weighted by molar-refractivity contribution is -0.288. The summed E-state index contributed by atoms with van der Waals surface area (Å²) in [7, 11) is 0. The van der Waals surface area contributed by atoms with Crippen LogP contribution in [0.15, 0.2) is 11.4 Å². The van der Waals surface area contributed by atoms with Crippen molar-refractivity contribution in [2.45, 2.75) is 58.4 Å². The maximum absolute atomic E-state index is 11.8. The van der Waals surface area contributed by atoms with Crippen LogP contribution in [0.25, 0.3) is 0 Å². The van der Waals surface area contributed by atoms with Gasteiger partial charge in [-0.05, 0) is 11.4 Å². The van der Waals surface area contributed by atoms with Gasteiger partial charge in [-0.15, -0.1) is 11.3 Å². The van der Waals surface area contributed by atoms with Gasteiger partial charge in [-0.2, -0.15) is 0 Å². The molecule has 1 aromatic rings. The van der Waals surface area contributed by atoms with E-state index < -0.39 is 54.6 Å². The molecule has 2 heterocycles. The molecule has 2 rings (SSSR count). The van der Waals surface area contributed by atoms with Crippen LogP contribution in [0.5, 0.6) is 5.75 Å². The highest BCUT2D eigenvalue weighted by molar-refractivity contribution is 7.12. The number of hydrogen-bond donors (Lipinski definition) is 0. The lowest BCUT2D eigenvalue weighted by atomic mass is 9.98. The molecule has 5 atom stereocenters. The van der Waals surface area contributed by atoms with Crippen LogP contribution < -0.4 is 4.74 Å². The van der Waals surface area contributed by atoms with Crippen molar-refractivity contribution in [3.8, 4) is 5.75 Å². The first-order chi connectivity index (χ1) is 14.6. The van der Waals surface area contributed by atoms with Gasteiger partial charge in [0.1, 0.15) is 23.3 Å². The van der Waals surface area contributed by atoms with Crippen molar-refractivity contribution in [2.75, 3.05) is 6.61 Å². The quantitative estimate of drug-likeness (QED) is 0.313. The van der Waals surface area contributed by atoms with Gasteiger partial charge >= 0.3 is 23.9 Å². The van der Waals surface area contributed by atoms with Crippen LogP contribution in [0.2, 0.25) is 0 Å². The van der Waals surface area contributed by atoms with E-state index in [1.165, 1.54) is 13.0 Å². The summed E-state index contributed by atoms with van der Waals surface area (Å²) in [5.41, 5.74) is 0. The highest BCUT2D eigenvalue weighted by Crippen LogP contribution is 2.32. The van der Waals surface area contributed by atoms with Crippen molar-refractivity contribution in [1.29, 1.82) is 0 Å². The molecule has 0 N–H and O–H groups in total. The van der Waals surface area contributed by atoms with Gasteiger partial charge < -0.3 is 28.4 Å². The molecule has 0 radical (unpaired) electrons. The molecule has 5 unspecified atom stereocenters. The lowest BCUT2D eigenvalue weighted by Crippen LogP contribution is -2.63. The lowest BCUT2D eigenvalue weighted by Gasteiger charge is -2.43. The standard InChI is InChI=1S/C19H22O11S/c1-9(21)25-8-14-16(26-10(2)22)17(27-11(3)23)18(28-12(4)24)19(30-14)29-13-5-6-31-15(13)7-20/h5-7,14,16-19H,8H2,1-4H3. The molecule has 12 heteroatoms. The predicted octanol–water partition coefficient (Wildman–Crippen LogP) is 1.02. The molecule has 1 aliphatic heterocycles. The van der Waals surface area contributed by atoms with Crippen molar-refractivity contribution in [1.82, 2.24) is 0 Å². The normalized spacial score (nSPS) is 25.1. The molecule has 170 valence electrons. The van der Waals surface area contributed by atoms with Crippen LogP contribution >= 0.6 is 11.3 Å². The predicted molar refractivity (Wildman–Crippen MR) is 102 cm³/mol. The molecule has 0 amide bonds. The van der Waals surface area contributed by atoms with E-state index in [9.17, 15) is 24.0 Å². The zero-order valence-corrected chi connectivity index (χ0v) is 18.0. The minimum absolute atomic E-state index is 0.140. The first-order valence-electron chi connectivity index (χ1n) is 9.12. The molecular formula is C19H22O11S. The maximum atomic E-state index is 11.8. The maximum Gasteiger partial charge on any atom is 0.303 e. The average Bonchev–Trinajstić information content (AvgIpc) is 3.11. The highest BCUT2D eigenvalue weighted by Gasteiger charge is 2.53. The number of esters is 4. The van der Waals surface area contributed by atoms with Crippen molar-refractivity contribution >= 4 is 41.5 Å². The second kappa shape index (κ2) is 10.9. The third-order valence-electron chi connectivity index (χ3n) is 3.96. The van der Waals surface area contributed by atoms with E-state index in [0.29, 0.717) is 6.29 Å². The number of rotatable bonds is 8. The Labute approximate surface area is 181 Å². The van der Waals surface area contributed by atoms with Crippen molar-refractivity contribution < 1.29 is 52.4 Å². The van der Waals surface area contributed by atoms with Crippen LogP contribution in [0.1, 0.15) is 37.4 Å². The molecular weight excluding hydrogens is 436 g/mol. The van der Waals surface area contributed by atoms with Gasteiger partial charge in [-0.25, -0.2) is 0 Å². The van der Waals surface area contributed by atoms with Crippen LogP contribution in [-0.4, -0.2) is 67.5 Å². The molecule has 0 saturated carbocycles. The molecule has 11 nitrogen and oxygen atoms in total. The Morgan fingerprint density at radius 1 is 0.935 bits per heavy atom. The topological polar surface area (TPSA) is 141 Å². The Balaban J connectivity index is 2.45. The summed E-state index contributed by atoms with van der Waals surface area (Å²) in [6, 6.07) is 1.50. The van der Waals surface area contributed by atoms with Crippen molar-refractivity contribution in [2.24, 2.45) is 0 Å². The molecule has 0 aromatic carbocycles. The Morgan fingerprint density at radius 3 is 2.06 bits per heavy atom. The number of carbonyl (C=O) groups is 5. The van der Waals surface area contributed by atoms with Gasteiger partial charge in [0.15, 0.2) is 18.5 Å². The molecule has 1 saturated heterocycles. The van der Waals surface area contributed by atoms with E-state index in [1.54, 1.807) is 5.38 Å². The van der Waals surface area contributed by atoms with Crippen LogP contribution in [-0.2, 0) is 42.9 Å². The number of ether oxygens (including phenoxy) is 6. The second-order valence-electron chi connectivity index (χ2n) is 6.45. The molecule has 0 bridgehead atoms. The summed E-state index contributed by atoms with van der Waals surface area (Å²) < 4.78 is 32.3. The van der Waals surface area contributed by atoms with Crippen LogP contribution in [0, 0.1) is 0 Å². The summed E-state index contributed by atoms with van der Waals surface area (Å²) in [6.07, 6.45) is -5.92. The Hall–Kier alpha value is -2.99. The first kappa shape index (κ1) is 24.3. The SMILES string of the molecule is CC(=O)OCC1OC(Oc2ccsc2C=O)C(OC(C)=O)C(OC(C)=O)C1OC(C)=O. The van der Waals surface area contributed by atoms with Crippen molar-refractivity contribution in [3.63, 3.8) is 0 Å². The summed E-state index contributed by atoms with van der Waals surface area (Å²) in [6.45, 7) is 4.16. The smallest absolute Gasteiger partial charge is 0.303 e. The molecule has 1 aliphatic rings. The van der Waals surface area contributed by atoms with E-state index >= 15 is 0 Å². The van der Waals surface area contributed by atoms with Crippen LogP contribution in [0.4, 0.5) is 0 Å². The largest absolute Gasteiger partial charge is 0.463 e. The van der Waals surface area contributed by atoms with E-state index in [-0.39, 0.29) is 17.2 Å². The second-order valence-corrected chi connectivity index (χ2v) is 7.40. The molecule has 1 fully saturated rings. The Bertz CT molecular complexity index is 833. The fraction of sp³-hybridized carbons (Fsp3) is 0.526. The van der Waals surface area contributed by atoms with Gasteiger partial charge in [0.25, 0.3) is 0 Å². The summed E-state index contributed by atoms with van der Waals surface area (Å²) in [4.78, 5) is 57.9. The van der Waals surface area contributed by atoms with Crippen LogP contribution in [0.3, 0.4) is 0 Å². The highest BCUT2D eigenvalue weighted by atomic mass is 32.1. The third-order valence-corrected chi connectivity index (χ3v) is 4.78. The van der Waals surface area contributed by atoms with Gasteiger partial charge in [0.2, 0.25) is 12.4 Å². The molecule has 0 aliphatic carbocycles. The first-order valence-corrected chi connectivity index (χ1v) is 10.00. The summed E-state index contributed by atoms with van der Waals surface area (Å²) in [5.74, 6) is -2.73. The van der Waals surface area contributed by atoms with Crippen molar-refractivity contribution in [3.05, 3.63) is 16.3 Å².